The molecule has 86 valence electrons. The van der Waals surface area contributed by atoms with E-state index in [1.165, 1.54) is 0 Å². The fourth-order valence-corrected chi connectivity index (χ4v) is 2.09. The van der Waals surface area contributed by atoms with E-state index in [0.29, 0.717) is 19.5 Å². The predicted octanol–water partition coefficient (Wildman–Crippen LogP) is 0.167. The molecule has 0 fully saturated rings. The minimum absolute atomic E-state index is 0.208. The molecular weight excluding hydrogens is 214 g/mol. The number of hydrogen-bond acceptors (Lipinski definition) is 4. The summed E-state index contributed by atoms with van der Waals surface area (Å²) in [6, 6.07) is 1.84. The molecule has 0 saturated heterocycles. The molecule has 0 spiro atoms. The van der Waals surface area contributed by atoms with Crippen molar-refractivity contribution in [3.05, 3.63) is 18.0 Å². The molecule has 0 saturated carbocycles. The Balaban J connectivity index is 2.38. The monoisotopic (exact) mass is 231 g/mol. The van der Waals surface area contributed by atoms with Gasteiger partial charge in [-0.15, -0.1) is 0 Å². The van der Waals surface area contributed by atoms with E-state index in [1.54, 1.807) is 11.6 Å². The van der Waals surface area contributed by atoms with Gasteiger partial charge in [-0.3, -0.25) is 4.68 Å². The smallest absolute Gasteiger partial charge is 0.150 e. The minimum Gasteiger partial charge on any atom is -0.325 e. The topological polar surface area (TPSA) is 78.0 Å². The number of hydrogen-bond donors (Lipinski definition) is 1. The van der Waals surface area contributed by atoms with E-state index in [9.17, 15) is 8.42 Å². The molecule has 0 radical (unpaired) electrons. The zero-order chi connectivity index (χ0) is 11.3. The maximum Gasteiger partial charge on any atom is 0.150 e. The third-order valence-electron chi connectivity index (χ3n) is 2.19. The average Bonchev–Trinajstić information content (AvgIpc) is 2.66. The second kappa shape index (κ2) is 5.27. The first-order chi connectivity index (χ1) is 7.07. The van der Waals surface area contributed by atoms with Crippen molar-refractivity contribution < 1.29 is 8.42 Å². The van der Waals surface area contributed by atoms with E-state index in [-0.39, 0.29) is 11.5 Å². The summed E-state index contributed by atoms with van der Waals surface area (Å²) in [6.45, 7) is 2.70. The maximum atomic E-state index is 11.2. The van der Waals surface area contributed by atoms with Crippen LogP contribution in [0.2, 0.25) is 0 Å². The van der Waals surface area contributed by atoms with E-state index in [1.807, 2.05) is 12.3 Å². The highest BCUT2D eigenvalue weighted by molar-refractivity contribution is 7.91. The average molecular weight is 231 g/mol. The van der Waals surface area contributed by atoms with E-state index >= 15 is 0 Å². The Labute approximate surface area is 90.2 Å². The van der Waals surface area contributed by atoms with Gasteiger partial charge in [-0.2, -0.15) is 5.10 Å². The summed E-state index contributed by atoms with van der Waals surface area (Å²) in [6.07, 6.45) is 2.42. The summed E-state index contributed by atoms with van der Waals surface area (Å²) in [5.74, 6) is 0.432. The van der Waals surface area contributed by atoms with Crippen LogP contribution in [0.5, 0.6) is 0 Å². The van der Waals surface area contributed by atoms with Crippen LogP contribution in [-0.2, 0) is 22.9 Å². The standard InChI is InChI=1S/C9H17N3O2S/c1-2-15(13,14)7-3-5-12-6-4-9(8-10)11-12/h4,6H,2-3,5,7-8,10H2,1H3. The second-order valence-corrected chi connectivity index (χ2v) is 5.84. The van der Waals surface area contributed by atoms with Gasteiger partial charge in [-0.25, -0.2) is 8.42 Å². The van der Waals surface area contributed by atoms with Crippen LogP contribution in [0.3, 0.4) is 0 Å². The van der Waals surface area contributed by atoms with Gasteiger partial charge in [0.1, 0.15) is 9.84 Å². The molecule has 0 aromatic carbocycles. The SMILES string of the molecule is CCS(=O)(=O)CCCn1ccc(CN)n1. The zero-order valence-electron chi connectivity index (χ0n) is 8.89. The molecule has 15 heavy (non-hydrogen) atoms. The summed E-state index contributed by atoms with van der Waals surface area (Å²) in [5, 5.41) is 4.17. The first kappa shape index (κ1) is 12.2. The van der Waals surface area contributed by atoms with Crippen LogP contribution in [0, 0.1) is 0 Å². The lowest BCUT2D eigenvalue weighted by Crippen LogP contribution is -2.11. The molecule has 5 nitrogen and oxygen atoms in total. The summed E-state index contributed by atoms with van der Waals surface area (Å²) >= 11 is 0. The lowest BCUT2D eigenvalue weighted by atomic mass is 10.4. The molecule has 1 rings (SSSR count). The Morgan fingerprint density at radius 3 is 2.80 bits per heavy atom. The van der Waals surface area contributed by atoms with Gasteiger partial charge in [0.05, 0.1) is 11.4 Å². The first-order valence-corrected chi connectivity index (χ1v) is 6.82. The van der Waals surface area contributed by atoms with E-state index in [4.69, 9.17) is 5.73 Å². The Hall–Kier alpha value is -0.880. The van der Waals surface area contributed by atoms with Gasteiger partial charge < -0.3 is 5.73 Å². The van der Waals surface area contributed by atoms with Gasteiger partial charge in [0.15, 0.2) is 0 Å². The van der Waals surface area contributed by atoms with Crippen molar-refractivity contribution in [3.63, 3.8) is 0 Å². The van der Waals surface area contributed by atoms with Crippen molar-refractivity contribution in [2.45, 2.75) is 26.4 Å². The highest BCUT2D eigenvalue weighted by Gasteiger charge is 2.06. The molecule has 0 aliphatic carbocycles. The van der Waals surface area contributed by atoms with Crippen LogP contribution >= 0.6 is 0 Å². The van der Waals surface area contributed by atoms with Crippen molar-refractivity contribution in [2.75, 3.05) is 11.5 Å². The van der Waals surface area contributed by atoms with Crippen LogP contribution in [0.4, 0.5) is 0 Å². The zero-order valence-corrected chi connectivity index (χ0v) is 9.70. The summed E-state index contributed by atoms with van der Waals surface area (Å²) < 4.78 is 24.1. The number of sulfone groups is 1. The lowest BCUT2D eigenvalue weighted by Gasteiger charge is -2.01. The Morgan fingerprint density at radius 1 is 1.53 bits per heavy atom. The van der Waals surface area contributed by atoms with Crippen LogP contribution in [0.15, 0.2) is 12.3 Å². The van der Waals surface area contributed by atoms with Crippen molar-refractivity contribution in [1.82, 2.24) is 9.78 Å². The molecule has 1 aromatic heterocycles. The molecule has 0 unspecified atom stereocenters. The second-order valence-electron chi connectivity index (χ2n) is 3.36. The van der Waals surface area contributed by atoms with Gasteiger partial charge in [0, 0.05) is 25.0 Å². The largest absolute Gasteiger partial charge is 0.325 e. The molecule has 2 N–H and O–H groups in total. The van der Waals surface area contributed by atoms with Crippen molar-refractivity contribution in [2.24, 2.45) is 5.73 Å². The molecule has 0 aliphatic rings. The fourth-order valence-electron chi connectivity index (χ4n) is 1.23. The van der Waals surface area contributed by atoms with Crippen LogP contribution < -0.4 is 5.73 Å². The summed E-state index contributed by atoms with van der Waals surface area (Å²) in [7, 11) is -2.85. The lowest BCUT2D eigenvalue weighted by molar-refractivity contribution is 0.570. The van der Waals surface area contributed by atoms with Crippen molar-refractivity contribution in [1.29, 1.82) is 0 Å². The molecular formula is C9H17N3O2S. The third kappa shape index (κ3) is 4.01. The van der Waals surface area contributed by atoms with Crippen LogP contribution in [0.25, 0.3) is 0 Å². The molecule has 0 bridgehead atoms. The highest BCUT2D eigenvalue weighted by Crippen LogP contribution is 1.98. The number of aryl methyl sites for hydroxylation is 1. The summed E-state index contributed by atoms with van der Waals surface area (Å²) in [4.78, 5) is 0. The van der Waals surface area contributed by atoms with Crippen molar-refractivity contribution >= 4 is 9.84 Å². The number of rotatable bonds is 6. The molecule has 1 aromatic rings. The summed E-state index contributed by atoms with van der Waals surface area (Å²) in [5.41, 5.74) is 6.24. The number of nitrogens with two attached hydrogens (primary N) is 1. The normalized spacial score (nSPS) is 11.9. The van der Waals surface area contributed by atoms with Gasteiger partial charge in [0.2, 0.25) is 0 Å². The quantitative estimate of drug-likeness (QED) is 0.757. The Morgan fingerprint density at radius 2 is 2.27 bits per heavy atom. The number of nitrogens with zero attached hydrogens (tertiary/aromatic N) is 2. The highest BCUT2D eigenvalue weighted by atomic mass is 32.2. The predicted molar refractivity (Wildman–Crippen MR) is 59.1 cm³/mol. The molecule has 1 heterocycles. The van der Waals surface area contributed by atoms with Gasteiger partial charge in [-0.1, -0.05) is 6.92 Å². The third-order valence-corrected chi connectivity index (χ3v) is 3.98. The van der Waals surface area contributed by atoms with Gasteiger partial charge in [0.25, 0.3) is 0 Å². The molecule has 0 atom stereocenters. The van der Waals surface area contributed by atoms with E-state index < -0.39 is 9.84 Å². The van der Waals surface area contributed by atoms with Gasteiger partial charge in [-0.05, 0) is 12.5 Å². The Kier molecular flexibility index (Phi) is 4.28. The molecule has 0 aliphatic heterocycles. The first-order valence-electron chi connectivity index (χ1n) is 5.00. The molecule has 6 heteroatoms. The molecule has 0 amide bonds. The number of aromatic nitrogens is 2. The maximum absolute atomic E-state index is 11.2. The Bertz CT molecular complexity index is 397. The van der Waals surface area contributed by atoms with E-state index in [2.05, 4.69) is 5.10 Å². The van der Waals surface area contributed by atoms with Crippen LogP contribution in [0.1, 0.15) is 19.0 Å². The van der Waals surface area contributed by atoms with Crippen molar-refractivity contribution in [3.8, 4) is 0 Å². The van der Waals surface area contributed by atoms with E-state index in [0.717, 1.165) is 5.69 Å². The van der Waals surface area contributed by atoms with Crippen LogP contribution in [-0.4, -0.2) is 29.7 Å². The minimum atomic E-state index is -2.85. The van der Waals surface area contributed by atoms with Gasteiger partial charge >= 0.3 is 0 Å². The fraction of sp³-hybridized carbons (Fsp3) is 0.667.